The number of aliphatic hydroxyl groups is 10. The summed E-state index contributed by atoms with van der Waals surface area (Å²) in [6.45, 7) is 7.11. The Morgan fingerprint density at radius 2 is 1.30 bits per heavy atom. The van der Waals surface area contributed by atoms with Crippen molar-refractivity contribution in [1.82, 2.24) is 0 Å². The Labute approximate surface area is 333 Å². The molecule has 0 aromatic heterocycles. The molecule has 0 bridgehead atoms. The van der Waals surface area contributed by atoms with Crippen molar-refractivity contribution in [2.45, 2.75) is 189 Å². The molecular formula is C41H66O16. The van der Waals surface area contributed by atoms with Crippen molar-refractivity contribution in [2.75, 3.05) is 13.2 Å². The van der Waals surface area contributed by atoms with Crippen molar-refractivity contribution in [2.24, 2.45) is 40.4 Å². The number of ether oxygens (including phenoxy) is 6. The number of fused-ring (bicyclic) bond motifs is 7. The van der Waals surface area contributed by atoms with E-state index in [1.807, 2.05) is 0 Å². The fraction of sp³-hybridized carbons (Fsp3) is 0.951. The van der Waals surface area contributed by atoms with Crippen LogP contribution in [0, 0.1) is 40.4 Å². The molecule has 0 radical (unpaired) electrons. The molecule has 7 fully saturated rings. The molecule has 5 aliphatic carbocycles. The summed E-state index contributed by atoms with van der Waals surface area (Å²) in [6.07, 6.45) is -13.3. The molecule has 0 aromatic carbocycles. The van der Waals surface area contributed by atoms with Crippen LogP contribution in [0.5, 0.6) is 0 Å². The second-order valence-corrected chi connectivity index (χ2v) is 19.3. The average Bonchev–Trinajstić information content (AvgIpc) is 3.67. The van der Waals surface area contributed by atoms with Gasteiger partial charge in [0, 0.05) is 0 Å². The van der Waals surface area contributed by atoms with Crippen LogP contribution in [0.1, 0.15) is 85.5 Å². The Morgan fingerprint density at radius 3 is 2.00 bits per heavy atom. The Bertz CT molecular complexity index is 1470. The normalized spacial score (nSPS) is 57.6. The zero-order chi connectivity index (χ0) is 40.9. The lowest BCUT2D eigenvalue weighted by Gasteiger charge is -2.61. The van der Waals surface area contributed by atoms with Crippen LogP contribution < -0.4 is 0 Å². The predicted molar refractivity (Wildman–Crippen MR) is 196 cm³/mol. The van der Waals surface area contributed by atoms with Crippen molar-refractivity contribution in [3.05, 3.63) is 11.6 Å². The molecule has 3 aliphatic heterocycles. The molecular weight excluding hydrogens is 748 g/mol. The summed E-state index contributed by atoms with van der Waals surface area (Å²) in [5, 5.41) is 108. The average molecular weight is 815 g/mol. The van der Waals surface area contributed by atoms with Crippen molar-refractivity contribution in [1.29, 1.82) is 0 Å². The third-order valence-corrected chi connectivity index (χ3v) is 16.5. The third kappa shape index (κ3) is 6.80. The number of allylic oxidation sites excluding steroid dienone is 1. The van der Waals surface area contributed by atoms with Crippen LogP contribution in [0.25, 0.3) is 0 Å². The van der Waals surface area contributed by atoms with Gasteiger partial charge in [0.25, 0.3) is 0 Å². The van der Waals surface area contributed by atoms with Crippen LogP contribution in [-0.2, 0) is 28.4 Å². The van der Waals surface area contributed by atoms with Gasteiger partial charge in [0.1, 0.15) is 67.1 Å². The van der Waals surface area contributed by atoms with Gasteiger partial charge >= 0.3 is 0 Å². The molecule has 326 valence electrons. The molecule has 0 aromatic rings. The van der Waals surface area contributed by atoms with Crippen LogP contribution >= 0.6 is 0 Å². The summed E-state index contributed by atoms with van der Waals surface area (Å²) >= 11 is 0. The summed E-state index contributed by atoms with van der Waals surface area (Å²) in [5.41, 5.74) is 0.296. The van der Waals surface area contributed by atoms with Gasteiger partial charge < -0.3 is 79.5 Å². The van der Waals surface area contributed by atoms with E-state index in [9.17, 15) is 51.1 Å². The smallest absolute Gasteiger partial charge is 0.187 e. The van der Waals surface area contributed by atoms with Gasteiger partial charge in [-0.3, -0.25) is 0 Å². The van der Waals surface area contributed by atoms with Crippen molar-refractivity contribution < 1.29 is 79.5 Å². The first-order chi connectivity index (χ1) is 27.0. The number of rotatable bonds is 8. The zero-order valence-electron chi connectivity index (χ0n) is 33.4. The molecule has 8 aliphatic rings. The van der Waals surface area contributed by atoms with Crippen LogP contribution in [0.3, 0.4) is 0 Å². The molecule has 8 rings (SSSR count). The predicted octanol–water partition coefficient (Wildman–Crippen LogP) is -0.803. The van der Waals surface area contributed by atoms with Crippen molar-refractivity contribution in [3.63, 3.8) is 0 Å². The van der Waals surface area contributed by atoms with Gasteiger partial charge in [-0.25, -0.2) is 0 Å². The highest BCUT2D eigenvalue weighted by Crippen LogP contribution is 2.72. The Morgan fingerprint density at radius 1 is 0.667 bits per heavy atom. The van der Waals surface area contributed by atoms with Crippen molar-refractivity contribution in [3.8, 4) is 0 Å². The van der Waals surface area contributed by atoms with Gasteiger partial charge in [-0.05, 0) is 98.7 Å². The largest absolute Gasteiger partial charge is 0.394 e. The molecule has 0 amide bonds. The van der Waals surface area contributed by atoms with E-state index in [1.165, 1.54) is 25.3 Å². The zero-order valence-corrected chi connectivity index (χ0v) is 33.4. The highest BCUT2D eigenvalue weighted by Gasteiger charge is 2.70. The van der Waals surface area contributed by atoms with Gasteiger partial charge in [0.2, 0.25) is 0 Å². The minimum atomic E-state index is -1.85. The molecule has 16 nitrogen and oxygen atoms in total. The van der Waals surface area contributed by atoms with Crippen LogP contribution in [0.2, 0.25) is 0 Å². The highest BCUT2D eigenvalue weighted by molar-refractivity contribution is 5.29. The Balaban J connectivity index is 1.05. The van der Waals surface area contributed by atoms with E-state index in [0.717, 1.165) is 32.1 Å². The third-order valence-electron chi connectivity index (χ3n) is 16.5. The van der Waals surface area contributed by atoms with E-state index in [1.54, 1.807) is 0 Å². The van der Waals surface area contributed by atoms with Gasteiger partial charge in [0.05, 0.1) is 31.0 Å². The summed E-state index contributed by atoms with van der Waals surface area (Å²) in [6, 6.07) is 0. The molecule has 0 spiro atoms. The SMILES string of the molecule is C[C@@H]1CCC2C[C@@]3(O)[C@@H]4CC=C5C[C@@H](O[C@@H]6O[C@H](CO)[C@@H](O)[C@H](O[C@@H]7O[C@H](CO)[C@@H](O)[C@H](O)[C@H]7O)[C@H]6O[C@@H]6O[C@@H](C)[C@H](O)[C@@H](O)[C@H]6O)CC[C@]5(C)[C@H]4CC[C@]3(C)[C@H]21. The Kier molecular flexibility index (Phi) is 11.8. The summed E-state index contributed by atoms with van der Waals surface area (Å²) in [4.78, 5) is 0. The number of hydrogen-bond donors (Lipinski definition) is 10. The van der Waals surface area contributed by atoms with E-state index in [0.29, 0.717) is 36.5 Å². The summed E-state index contributed by atoms with van der Waals surface area (Å²) < 4.78 is 36.5. The number of aliphatic hydroxyl groups excluding tert-OH is 9. The van der Waals surface area contributed by atoms with E-state index >= 15 is 0 Å². The quantitative estimate of drug-likeness (QED) is 0.135. The molecule has 3 heterocycles. The standard InChI is InChI=1S/C41H66O16/c1-17-5-6-19-14-41(51)23-8-7-20-13-21(9-11-39(20,3)22(23)10-12-40(41,4)26(17)19)53-38-35(57-36-32(49)30(47)27(44)18(2)52-36)34(29(46)25(16-43)55-38)56-37-33(50)31(48)28(45)24(15-42)54-37/h7,17-19,21-38,42-51H,5-6,8-16H2,1-4H3/t17-,18+,19?,21+,22+,23-,24-,25-,26+,27+,28-,29-,30-,31+,32-,33-,34+,35-,36+,37+,38-,39+,40-,41-/m1/s1. The maximum atomic E-state index is 12.7. The van der Waals surface area contributed by atoms with Crippen LogP contribution in [0.4, 0.5) is 0 Å². The lowest BCUT2D eigenvalue weighted by atomic mass is 9.45. The summed E-state index contributed by atoms with van der Waals surface area (Å²) in [7, 11) is 0. The molecule has 24 atom stereocenters. The topological polar surface area (TPSA) is 258 Å². The lowest BCUT2D eigenvalue weighted by Crippen LogP contribution is -2.67. The lowest BCUT2D eigenvalue weighted by molar-refractivity contribution is -0.394. The number of hydrogen-bond acceptors (Lipinski definition) is 16. The first-order valence-electron chi connectivity index (χ1n) is 21.3. The molecule has 4 saturated carbocycles. The molecule has 3 saturated heterocycles. The monoisotopic (exact) mass is 814 g/mol. The van der Waals surface area contributed by atoms with E-state index < -0.39 is 117 Å². The maximum absolute atomic E-state index is 12.7. The fourth-order valence-electron chi connectivity index (χ4n) is 13.3. The van der Waals surface area contributed by atoms with Gasteiger partial charge in [-0.15, -0.1) is 0 Å². The van der Waals surface area contributed by atoms with E-state index in [4.69, 9.17) is 28.4 Å². The second kappa shape index (κ2) is 15.8. The first kappa shape index (κ1) is 42.8. The molecule has 57 heavy (non-hydrogen) atoms. The minimum Gasteiger partial charge on any atom is -0.394 e. The highest BCUT2D eigenvalue weighted by atomic mass is 16.8. The van der Waals surface area contributed by atoms with Gasteiger partial charge in [-0.1, -0.05) is 38.8 Å². The van der Waals surface area contributed by atoms with Crippen molar-refractivity contribution >= 4 is 0 Å². The van der Waals surface area contributed by atoms with E-state index in [2.05, 4.69) is 26.8 Å². The van der Waals surface area contributed by atoms with Gasteiger partial charge in [-0.2, -0.15) is 0 Å². The van der Waals surface area contributed by atoms with Gasteiger partial charge in [0.15, 0.2) is 18.9 Å². The molecule has 1 unspecified atom stereocenters. The van der Waals surface area contributed by atoms with Crippen LogP contribution in [-0.4, -0.2) is 168 Å². The molecule has 16 heteroatoms. The maximum Gasteiger partial charge on any atom is 0.187 e. The first-order valence-corrected chi connectivity index (χ1v) is 21.3. The molecule has 10 N–H and O–H groups in total. The fourth-order valence-corrected chi connectivity index (χ4v) is 13.3. The Hall–Kier alpha value is -0.900. The van der Waals surface area contributed by atoms with E-state index in [-0.39, 0.29) is 16.7 Å². The van der Waals surface area contributed by atoms with Crippen LogP contribution in [0.15, 0.2) is 11.6 Å². The minimum absolute atomic E-state index is 0.0896. The summed E-state index contributed by atoms with van der Waals surface area (Å²) in [5.74, 6) is 2.24. The second-order valence-electron chi connectivity index (χ2n) is 19.3.